The largest absolute Gasteiger partial charge is 0.372 e. The second kappa shape index (κ2) is 8.02. The number of carbonyl (C=O) groups is 1. The number of rotatable bonds is 5. The molecule has 122 valence electrons. The third-order valence-electron chi connectivity index (χ3n) is 3.63. The fourth-order valence-electron chi connectivity index (χ4n) is 2.35. The summed E-state index contributed by atoms with van der Waals surface area (Å²) in [4.78, 5) is 14.4. The van der Waals surface area contributed by atoms with E-state index >= 15 is 0 Å². The summed E-state index contributed by atoms with van der Waals surface area (Å²) < 4.78 is 0.865. The molecule has 2 amide bonds. The Balaban J connectivity index is 2.00. The Kier molecular flexibility index (Phi) is 6.04. The Morgan fingerprint density at radius 2 is 1.70 bits per heavy atom. The van der Waals surface area contributed by atoms with Gasteiger partial charge >= 0.3 is 6.03 Å². The van der Waals surface area contributed by atoms with Crippen molar-refractivity contribution in [1.29, 1.82) is 0 Å². The molecule has 0 aromatic heterocycles. The van der Waals surface area contributed by atoms with E-state index in [-0.39, 0.29) is 6.03 Å². The second-order valence-corrected chi connectivity index (χ2v) is 6.14. The first-order chi connectivity index (χ1) is 11.0. The molecule has 0 aliphatic heterocycles. The first-order valence-electron chi connectivity index (χ1n) is 7.72. The summed E-state index contributed by atoms with van der Waals surface area (Å²) in [6.45, 7) is 8.19. The highest BCUT2D eigenvalue weighted by Gasteiger charge is 2.07. The van der Waals surface area contributed by atoms with Gasteiger partial charge in [0.25, 0.3) is 0 Å². The maximum Gasteiger partial charge on any atom is 0.323 e. The average Bonchev–Trinajstić information content (AvgIpc) is 2.53. The van der Waals surface area contributed by atoms with E-state index in [2.05, 4.69) is 45.3 Å². The zero-order valence-electron chi connectivity index (χ0n) is 13.7. The topological polar surface area (TPSA) is 44.4 Å². The highest BCUT2D eigenvalue weighted by Crippen LogP contribution is 2.24. The third kappa shape index (κ3) is 4.73. The number of carbonyl (C=O) groups excluding carboxylic acids is 1. The molecule has 0 bridgehead atoms. The summed E-state index contributed by atoms with van der Waals surface area (Å²) in [7, 11) is 0. The maximum atomic E-state index is 12.1. The van der Waals surface area contributed by atoms with Crippen LogP contribution in [0.3, 0.4) is 0 Å². The Bertz CT molecular complexity index is 666. The molecule has 0 spiro atoms. The Hall–Kier alpha value is -2.01. The lowest BCUT2D eigenvalue weighted by Crippen LogP contribution is -2.22. The quantitative estimate of drug-likeness (QED) is 0.749. The number of aryl methyl sites for hydroxylation is 1. The predicted molar refractivity (Wildman–Crippen MR) is 102 cm³/mol. The normalized spacial score (nSPS) is 10.3. The SMILES string of the molecule is CCN(CC)c1ccc(NC(=O)Nc2ccc(C)cc2Br)cc1. The van der Waals surface area contributed by atoms with Crippen LogP contribution in [0.25, 0.3) is 0 Å². The van der Waals surface area contributed by atoms with Crippen LogP contribution < -0.4 is 15.5 Å². The van der Waals surface area contributed by atoms with E-state index in [4.69, 9.17) is 0 Å². The number of halogens is 1. The van der Waals surface area contributed by atoms with Crippen molar-refractivity contribution in [3.8, 4) is 0 Å². The molecular weight excluding hydrogens is 354 g/mol. The lowest BCUT2D eigenvalue weighted by Gasteiger charge is -2.21. The number of hydrogen-bond acceptors (Lipinski definition) is 2. The Labute approximate surface area is 146 Å². The van der Waals surface area contributed by atoms with Crippen LogP contribution in [-0.2, 0) is 0 Å². The number of anilines is 3. The van der Waals surface area contributed by atoms with Gasteiger partial charge in [0.2, 0.25) is 0 Å². The van der Waals surface area contributed by atoms with Crippen LogP contribution in [0, 0.1) is 6.92 Å². The average molecular weight is 376 g/mol. The molecule has 0 fully saturated rings. The van der Waals surface area contributed by atoms with E-state index in [1.807, 2.05) is 49.4 Å². The van der Waals surface area contributed by atoms with Crippen LogP contribution in [0.2, 0.25) is 0 Å². The maximum absolute atomic E-state index is 12.1. The smallest absolute Gasteiger partial charge is 0.323 e. The van der Waals surface area contributed by atoms with E-state index in [1.165, 1.54) is 0 Å². The van der Waals surface area contributed by atoms with Crippen molar-refractivity contribution < 1.29 is 4.79 Å². The van der Waals surface area contributed by atoms with Crippen molar-refractivity contribution in [1.82, 2.24) is 0 Å². The van der Waals surface area contributed by atoms with Crippen molar-refractivity contribution in [2.45, 2.75) is 20.8 Å². The molecule has 0 aliphatic carbocycles. The van der Waals surface area contributed by atoms with Gasteiger partial charge in [-0.1, -0.05) is 6.07 Å². The van der Waals surface area contributed by atoms with E-state index in [9.17, 15) is 4.79 Å². The van der Waals surface area contributed by atoms with Gasteiger partial charge in [-0.2, -0.15) is 0 Å². The molecule has 0 radical (unpaired) electrons. The molecule has 0 heterocycles. The molecule has 2 aromatic carbocycles. The summed E-state index contributed by atoms with van der Waals surface area (Å²) in [6.07, 6.45) is 0. The third-order valence-corrected chi connectivity index (χ3v) is 4.28. The molecule has 2 N–H and O–H groups in total. The van der Waals surface area contributed by atoms with Gasteiger partial charge in [-0.3, -0.25) is 0 Å². The van der Waals surface area contributed by atoms with E-state index in [1.54, 1.807) is 0 Å². The van der Waals surface area contributed by atoms with Crippen LogP contribution in [-0.4, -0.2) is 19.1 Å². The first-order valence-corrected chi connectivity index (χ1v) is 8.52. The predicted octanol–water partition coefficient (Wildman–Crippen LogP) is 5.25. The molecule has 2 rings (SSSR count). The van der Waals surface area contributed by atoms with Gasteiger partial charge in [-0.25, -0.2) is 4.79 Å². The number of amides is 2. The molecule has 0 atom stereocenters. The fraction of sp³-hybridized carbons (Fsp3) is 0.278. The Morgan fingerprint density at radius 1 is 1.04 bits per heavy atom. The Morgan fingerprint density at radius 3 is 2.26 bits per heavy atom. The highest BCUT2D eigenvalue weighted by molar-refractivity contribution is 9.10. The van der Waals surface area contributed by atoms with Gasteiger partial charge in [0.05, 0.1) is 5.69 Å². The van der Waals surface area contributed by atoms with Crippen LogP contribution in [0.5, 0.6) is 0 Å². The van der Waals surface area contributed by atoms with Gasteiger partial charge in [0.15, 0.2) is 0 Å². The molecule has 0 aliphatic rings. The number of nitrogens with one attached hydrogen (secondary N) is 2. The minimum Gasteiger partial charge on any atom is -0.372 e. The molecule has 23 heavy (non-hydrogen) atoms. The summed E-state index contributed by atoms with van der Waals surface area (Å²) in [5, 5.41) is 5.68. The van der Waals surface area contributed by atoms with Crippen LogP contribution >= 0.6 is 15.9 Å². The van der Waals surface area contributed by atoms with E-state index < -0.39 is 0 Å². The first kappa shape index (κ1) is 17.3. The van der Waals surface area contributed by atoms with Crippen molar-refractivity contribution in [2.24, 2.45) is 0 Å². The summed E-state index contributed by atoms with van der Waals surface area (Å²) in [6, 6.07) is 13.4. The van der Waals surface area contributed by atoms with Gasteiger partial charge in [-0.15, -0.1) is 0 Å². The van der Waals surface area contributed by atoms with E-state index in [0.29, 0.717) is 0 Å². The molecule has 4 nitrogen and oxygen atoms in total. The lowest BCUT2D eigenvalue weighted by atomic mass is 10.2. The molecule has 0 saturated carbocycles. The molecule has 0 unspecified atom stereocenters. The second-order valence-electron chi connectivity index (χ2n) is 5.28. The van der Waals surface area contributed by atoms with Gasteiger partial charge < -0.3 is 15.5 Å². The molecule has 0 saturated heterocycles. The van der Waals surface area contributed by atoms with Crippen molar-refractivity contribution in [3.05, 3.63) is 52.5 Å². The number of hydrogen-bond donors (Lipinski definition) is 2. The van der Waals surface area contributed by atoms with Gasteiger partial charge in [0.1, 0.15) is 0 Å². The minimum absolute atomic E-state index is 0.259. The molecule has 2 aromatic rings. The van der Waals surface area contributed by atoms with Crippen molar-refractivity contribution in [3.63, 3.8) is 0 Å². The zero-order valence-corrected chi connectivity index (χ0v) is 15.3. The number of nitrogens with zero attached hydrogens (tertiary/aromatic N) is 1. The monoisotopic (exact) mass is 375 g/mol. The summed E-state index contributed by atoms with van der Waals surface area (Å²) in [5.41, 5.74) is 3.80. The highest BCUT2D eigenvalue weighted by atomic mass is 79.9. The zero-order chi connectivity index (χ0) is 16.8. The molecule has 5 heteroatoms. The lowest BCUT2D eigenvalue weighted by molar-refractivity contribution is 0.262. The number of urea groups is 1. The van der Waals surface area contributed by atoms with Crippen LogP contribution in [0.15, 0.2) is 46.9 Å². The van der Waals surface area contributed by atoms with Gasteiger partial charge in [0, 0.05) is 28.9 Å². The minimum atomic E-state index is -0.259. The van der Waals surface area contributed by atoms with Gasteiger partial charge in [-0.05, 0) is 78.7 Å². The van der Waals surface area contributed by atoms with Crippen molar-refractivity contribution in [2.75, 3.05) is 28.6 Å². The summed E-state index contributed by atoms with van der Waals surface area (Å²) in [5.74, 6) is 0. The summed E-state index contributed by atoms with van der Waals surface area (Å²) >= 11 is 3.45. The van der Waals surface area contributed by atoms with Crippen LogP contribution in [0.4, 0.5) is 21.9 Å². The van der Waals surface area contributed by atoms with E-state index in [0.717, 1.165) is 40.2 Å². The van der Waals surface area contributed by atoms with Crippen molar-refractivity contribution >= 4 is 39.0 Å². The number of benzene rings is 2. The fourth-order valence-corrected chi connectivity index (χ4v) is 2.94. The van der Waals surface area contributed by atoms with Crippen LogP contribution in [0.1, 0.15) is 19.4 Å². The standard InChI is InChI=1S/C18H22BrN3O/c1-4-22(5-2)15-9-7-14(8-10-15)20-18(23)21-17-11-6-13(3)12-16(17)19/h6-12H,4-5H2,1-3H3,(H2,20,21,23). The molecular formula is C18H22BrN3O.